The van der Waals surface area contributed by atoms with Gasteiger partial charge in [-0.05, 0) is 63.5 Å². The first-order valence-corrected chi connectivity index (χ1v) is 10.3. The van der Waals surface area contributed by atoms with Gasteiger partial charge < -0.3 is 20.4 Å². The smallest absolute Gasteiger partial charge is 0.317 e. The summed E-state index contributed by atoms with van der Waals surface area (Å²) in [6, 6.07) is 0. The maximum Gasteiger partial charge on any atom is 0.317 e. The Morgan fingerprint density at radius 1 is 0.759 bits per heavy atom. The van der Waals surface area contributed by atoms with E-state index in [1.807, 2.05) is 4.90 Å². The second-order valence-electron chi connectivity index (χ2n) is 8.01. The van der Waals surface area contributed by atoms with Gasteiger partial charge in [0.05, 0.1) is 18.9 Å². The molecule has 0 radical (unpaired) electrons. The molecule has 29 heavy (non-hydrogen) atoms. The van der Waals surface area contributed by atoms with Gasteiger partial charge in [0.1, 0.15) is 0 Å². The Morgan fingerprint density at radius 2 is 1.38 bits per heavy atom. The molecule has 1 rings (SSSR count). The molecule has 1 saturated heterocycles. The van der Waals surface area contributed by atoms with E-state index < -0.39 is 36.2 Å². The van der Waals surface area contributed by atoms with E-state index in [4.69, 9.17) is 15.3 Å². The molecule has 1 aliphatic rings. The predicted octanol–water partition coefficient (Wildman–Crippen LogP) is 2.39. The van der Waals surface area contributed by atoms with E-state index >= 15 is 0 Å². The van der Waals surface area contributed by atoms with Crippen molar-refractivity contribution in [1.29, 1.82) is 0 Å². The van der Waals surface area contributed by atoms with Crippen molar-refractivity contribution in [3.05, 3.63) is 0 Å². The molecule has 1 heterocycles. The molecule has 0 aromatic carbocycles. The Bertz CT molecular complexity index is 565. The predicted molar refractivity (Wildman–Crippen MR) is 104 cm³/mol. The third-order valence-corrected chi connectivity index (χ3v) is 5.68. The molecule has 3 atom stereocenters. The standard InChI is InChI=1S/C20H33NO8/c22-17(23)11-14-5-3-8-15(16(20(28)29)12-18(24)25)7-1-2-9-21(10-4-6-14)13-19(26)27/h14-16H,1-13H2,(H,22,23)(H,24,25)(H,26,27)(H,28,29). The van der Waals surface area contributed by atoms with Crippen LogP contribution in [0.15, 0.2) is 0 Å². The minimum Gasteiger partial charge on any atom is -0.481 e. The number of carboxylic acid groups (broad SMARTS) is 4. The summed E-state index contributed by atoms with van der Waals surface area (Å²) >= 11 is 0. The van der Waals surface area contributed by atoms with E-state index in [1.165, 1.54) is 0 Å². The lowest BCUT2D eigenvalue weighted by atomic mass is 9.81. The van der Waals surface area contributed by atoms with Gasteiger partial charge in [-0.3, -0.25) is 24.1 Å². The van der Waals surface area contributed by atoms with Crippen LogP contribution in [0.1, 0.15) is 64.2 Å². The average molecular weight is 415 g/mol. The van der Waals surface area contributed by atoms with Gasteiger partial charge in [-0.15, -0.1) is 0 Å². The fourth-order valence-electron chi connectivity index (χ4n) is 4.26. The largest absolute Gasteiger partial charge is 0.481 e. The third-order valence-electron chi connectivity index (χ3n) is 5.68. The van der Waals surface area contributed by atoms with Crippen LogP contribution in [0.25, 0.3) is 0 Å². The van der Waals surface area contributed by atoms with Crippen molar-refractivity contribution in [3.8, 4) is 0 Å². The Morgan fingerprint density at radius 3 is 1.97 bits per heavy atom. The van der Waals surface area contributed by atoms with Crippen LogP contribution in [-0.4, -0.2) is 68.8 Å². The molecular formula is C20H33NO8. The maximum atomic E-state index is 11.6. The third kappa shape index (κ3) is 10.8. The first-order chi connectivity index (χ1) is 13.7. The molecule has 0 aliphatic carbocycles. The van der Waals surface area contributed by atoms with E-state index in [0.29, 0.717) is 64.5 Å². The lowest BCUT2D eigenvalue weighted by molar-refractivity contribution is -0.150. The number of hydrogen-bond donors (Lipinski definition) is 4. The van der Waals surface area contributed by atoms with Crippen molar-refractivity contribution in [2.45, 2.75) is 64.2 Å². The highest BCUT2D eigenvalue weighted by Crippen LogP contribution is 2.30. The summed E-state index contributed by atoms with van der Waals surface area (Å²) in [5.41, 5.74) is 0. The maximum absolute atomic E-state index is 11.6. The molecule has 0 aromatic rings. The van der Waals surface area contributed by atoms with Crippen molar-refractivity contribution in [2.24, 2.45) is 17.8 Å². The van der Waals surface area contributed by atoms with Crippen LogP contribution >= 0.6 is 0 Å². The lowest BCUT2D eigenvalue weighted by Gasteiger charge is -2.24. The van der Waals surface area contributed by atoms with Crippen LogP contribution in [0.5, 0.6) is 0 Å². The van der Waals surface area contributed by atoms with Crippen molar-refractivity contribution >= 4 is 23.9 Å². The van der Waals surface area contributed by atoms with Crippen LogP contribution < -0.4 is 0 Å². The Labute approximate surface area is 170 Å². The molecule has 0 saturated carbocycles. The monoisotopic (exact) mass is 415 g/mol. The minimum absolute atomic E-state index is 0.0289. The van der Waals surface area contributed by atoms with E-state index in [0.717, 1.165) is 0 Å². The molecule has 1 fully saturated rings. The average Bonchev–Trinajstić information content (AvgIpc) is 2.61. The van der Waals surface area contributed by atoms with Crippen LogP contribution in [-0.2, 0) is 19.2 Å². The van der Waals surface area contributed by atoms with Gasteiger partial charge in [0, 0.05) is 6.42 Å². The van der Waals surface area contributed by atoms with Crippen molar-refractivity contribution in [1.82, 2.24) is 4.90 Å². The first kappa shape index (κ1) is 24.9. The lowest BCUT2D eigenvalue weighted by Crippen LogP contribution is -2.32. The van der Waals surface area contributed by atoms with Gasteiger partial charge in [0.15, 0.2) is 0 Å². The van der Waals surface area contributed by atoms with Crippen LogP contribution in [0.2, 0.25) is 0 Å². The number of rotatable bonds is 8. The Hall–Kier alpha value is -2.16. The van der Waals surface area contributed by atoms with Gasteiger partial charge in [0.25, 0.3) is 0 Å². The molecule has 166 valence electrons. The second kappa shape index (κ2) is 13.1. The normalized spacial score (nSPS) is 23.7. The summed E-state index contributed by atoms with van der Waals surface area (Å²) in [4.78, 5) is 46.8. The molecule has 0 bridgehead atoms. The van der Waals surface area contributed by atoms with E-state index in [9.17, 15) is 24.3 Å². The number of hydrogen-bond acceptors (Lipinski definition) is 5. The minimum atomic E-state index is -1.14. The number of nitrogens with zero attached hydrogens (tertiary/aromatic N) is 1. The molecule has 4 N–H and O–H groups in total. The zero-order valence-corrected chi connectivity index (χ0v) is 16.8. The topological polar surface area (TPSA) is 152 Å². The van der Waals surface area contributed by atoms with E-state index in [1.54, 1.807) is 0 Å². The second-order valence-corrected chi connectivity index (χ2v) is 8.01. The number of carbonyl (C=O) groups is 4. The van der Waals surface area contributed by atoms with Gasteiger partial charge in [-0.1, -0.05) is 12.8 Å². The summed E-state index contributed by atoms with van der Waals surface area (Å²) in [5, 5.41) is 36.8. The number of carboxylic acids is 4. The van der Waals surface area contributed by atoms with Gasteiger partial charge in [-0.25, -0.2) is 0 Å². The molecule has 9 heteroatoms. The molecule has 0 aromatic heterocycles. The van der Waals surface area contributed by atoms with E-state index in [2.05, 4.69) is 0 Å². The Kier molecular flexibility index (Phi) is 11.3. The quantitative estimate of drug-likeness (QED) is 0.468. The van der Waals surface area contributed by atoms with Crippen molar-refractivity contribution in [3.63, 3.8) is 0 Å². The SMILES string of the molecule is O=C(O)CC1CCCC(C(CC(=O)O)C(=O)O)CCCCN(CC(=O)O)CCC1. The highest BCUT2D eigenvalue weighted by Gasteiger charge is 2.30. The summed E-state index contributed by atoms with van der Waals surface area (Å²) in [7, 11) is 0. The van der Waals surface area contributed by atoms with E-state index in [-0.39, 0.29) is 24.8 Å². The molecule has 3 unspecified atom stereocenters. The highest BCUT2D eigenvalue weighted by molar-refractivity contribution is 5.78. The van der Waals surface area contributed by atoms with Gasteiger partial charge in [0.2, 0.25) is 0 Å². The van der Waals surface area contributed by atoms with Crippen molar-refractivity contribution in [2.75, 3.05) is 19.6 Å². The van der Waals surface area contributed by atoms with Crippen molar-refractivity contribution < 1.29 is 39.6 Å². The number of aliphatic carboxylic acids is 4. The molecular weight excluding hydrogens is 382 g/mol. The summed E-state index contributed by atoms with van der Waals surface area (Å²) < 4.78 is 0. The molecule has 0 amide bonds. The summed E-state index contributed by atoms with van der Waals surface area (Å²) in [6.07, 6.45) is 4.81. The molecule has 9 nitrogen and oxygen atoms in total. The highest BCUT2D eigenvalue weighted by atomic mass is 16.4. The fraction of sp³-hybridized carbons (Fsp3) is 0.800. The van der Waals surface area contributed by atoms with Crippen LogP contribution in [0, 0.1) is 17.8 Å². The summed E-state index contributed by atoms with van der Waals surface area (Å²) in [6.45, 7) is 1.08. The first-order valence-electron chi connectivity index (χ1n) is 10.3. The molecule has 1 aliphatic heterocycles. The van der Waals surface area contributed by atoms with Gasteiger partial charge in [-0.2, -0.15) is 0 Å². The van der Waals surface area contributed by atoms with Crippen LogP contribution in [0.3, 0.4) is 0 Å². The zero-order valence-electron chi connectivity index (χ0n) is 16.8. The van der Waals surface area contributed by atoms with Crippen LogP contribution in [0.4, 0.5) is 0 Å². The van der Waals surface area contributed by atoms with Gasteiger partial charge >= 0.3 is 23.9 Å². The zero-order chi connectivity index (χ0) is 21.8. The Balaban J connectivity index is 2.88. The molecule has 0 spiro atoms. The summed E-state index contributed by atoms with van der Waals surface area (Å²) in [5.74, 6) is -5.36. The fourth-order valence-corrected chi connectivity index (χ4v) is 4.26.